The van der Waals surface area contributed by atoms with E-state index in [0.29, 0.717) is 23.2 Å². The first-order chi connectivity index (χ1) is 21.3. The molecule has 0 amide bonds. The number of ketones is 1. The van der Waals surface area contributed by atoms with Gasteiger partial charge in [0.1, 0.15) is 5.76 Å². The van der Waals surface area contributed by atoms with Crippen LogP contribution in [0.25, 0.3) is 33.0 Å². The van der Waals surface area contributed by atoms with Gasteiger partial charge in [-0.3, -0.25) is 4.79 Å². The van der Waals surface area contributed by atoms with Gasteiger partial charge in [0.2, 0.25) is 0 Å². The van der Waals surface area contributed by atoms with E-state index >= 15 is 0 Å². The second-order valence-electron chi connectivity index (χ2n) is 13.5. The van der Waals surface area contributed by atoms with Crippen LogP contribution >= 0.6 is 0 Å². The molecule has 0 saturated heterocycles. The summed E-state index contributed by atoms with van der Waals surface area (Å²) in [5.74, 6) is 2.67. The van der Waals surface area contributed by atoms with Gasteiger partial charge in [-0.05, 0) is 92.5 Å². The first-order valence-electron chi connectivity index (χ1n) is 17.1. The third-order valence-corrected chi connectivity index (χ3v) is 9.05. The van der Waals surface area contributed by atoms with E-state index in [1.54, 1.807) is 6.92 Å². The third kappa shape index (κ3) is 8.98. The van der Waals surface area contributed by atoms with Crippen molar-refractivity contribution in [3.8, 4) is 11.3 Å². The molecule has 0 fully saturated rings. The van der Waals surface area contributed by atoms with E-state index < -0.39 is 0 Å². The van der Waals surface area contributed by atoms with Crippen LogP contribution in [-0.4, -0.2) is 15.9 Å². The third-order valence-electron chi connectivity index (χ3n) is 9.05. The number of furan rings is 1. The average molecular weight is 803 g/mol. The van der Waals surface area contributed by atoms with Crippen LogP contribution in [0.15, 0.2) is 46.1 Å². The molecule has 0 aliphatic carbocycles. The Hall–Kier alpha value is -2.75. The average Bonchev–Trinajstić information content (AvgIpc) is 3.33. The number of Topliss-reactive ketones (excluding diaryl/α,β-unsaturated/α-hetero) is 1. The van der Waals surface area contributed by atoms with Crippen molar-refractivity contribution in [1.82, 2.24) is 4.98 Å². The summed E-state index contributed by atoms with van der Waals surface area (Å²) in [5.41, 5.74) is 8.14. The van der Waals surface area contributed by atoms with Crippen molar-refractivity contribution in [2.45, 2.75) is 121 Å². The van der Waals surface area contributed by atoms with Gasteiger partial charge in [0.05, 0.1) is 11.3 Å². The van der Waals surface area contributed by atoms with Crippen LogP contribution in [-0.2, 0) is 31.3 Å². The predicted octanol–water partition coefficient (Wildman–Crippen LogP) is 12.0. The van der Waals surface area contributed by atoms with Crippen LogP contribution in [0.1, 0.15) is 122 Å². The second-order valence-corrected chi connectivity index (χ2v) is 13.5. The minimum absolute atomic E-state index is 0. The van der Waals surface area contributed by atoms with Crippen molar-refractivity contribution in [3.05, 3.63) is 75.9 Å². The molecule has 5 heteroatoms. The number of aliphatic hydroxyl groups excluding tert-OH is 1. The van der Waals surface area contributed by atoms with Gasteiger partial charge in [0.15, 0.2) is 5.78 Å². The molecule has 0 atom stereocenters. The summed E-state index contributed by atoms with van der Waals surface area (Å²) in [6, 6.07) is 14.7. The molecule has 1 N–H and O–H groups in total. The molecule has 0 spiro atoms. The summed E-state index contributed by atoms with van der Waals surface area (Å²) in [4.78, 5) is 17.0. The molecule has 0 aliphatic heterocycles. The molecular weight excluding hydrogens is 747 g/mol. The minimum Gasteiger partial charge on any atom is -0.512 e. The predicted molar refractivity (Wildman–Crippen MR) is 191 cm³/mol. The van der Waals surface area contributed by atoms with E-state index in [1.165, 1.54) is 21.9 Å². The standard InChI is InChI=1S/C27H30NO.C14H26O2.Ir/c1-15(2)10-20-8-9-22-21(14-20)13-18(6)28-25(22)24-12-17(5)11-23-19(7)26(16(3)4)29-27(23)24;1-6-11(7-2)13(15)10(5)14(16)12(8-3)9-4;/h8-9,11,13-16H,10H2,1-7H3;11-12,15H,6-9H2,1-5H3;/q-1;;/b;13-10-;. The summed E-state index contributed by atoms with van der Waals surface area (Å²) in [7, 11) is 0. The van der Waals surface area contributed by atoms with Crippen molar-refractivity contribution in [2.75, 3.05) is 0 Å². The molecule has 46 heavy (non-hydrogen) atoms. The van der Waals surface area contributed by atoms with Crippen molar-refractivity contribution in [1.29, 1.82) is 0 Å². The Kier molecular flexibility index (Phi) is 14.9. The summed E-state index contributed by atoms with van der Waals surface area (Å²) >= 11 is 0. The molecule has 2 heterocycles. The molecule has 253 valence electrons. The monoisotopic (exact) mass is 803 g/mol. The zero-order chi connectivity index (χ0) is 33.6. The molecule has 1 radical (unpaired) electrons. The quantitative estimate of drug-likeness (QED) is 0.0932. The number of hydrogen-bond donors (Lipinski definition) is 1. The van der Waals surface area contributed by atoms with Gasteiger partial charge in [0, 0.05) is 49.1 Å². The van der Waals surface area contributed by atoms with E-state index in [-0.39, 0.29) is 37.7 Å². The number of benzene rings is 2. The number of carbonyl (C=O) groups excluding carboxylic acids is 1. The Balaban J connectivity index is 0.000000373. The number of hydrogen-bond acceptors (Lipinski definition) is 4. The number of nitrogens with zero attached hydrogens (tertiary/aromatic N) is 1. The zero-order valence-electron chi connectivity index (χ0n) is 30.3. The number of fused-ring (bicyclic) bond motifs is 2. The molecule has 0 aliphatic rings. The second kappa shape index (κ2) is 17.4. The number of carbonyl (C=O) groups is 1. The Labute approximate surface area is 291 Å². The summed E-state index contributed by atoms with van der Waals surface area (Å²) in [6.07, 6.45) is 4.56. The molecular formula is C41H56IrNO3-. The topological polar surface area (TPSA) is 63.3 Å². The number of rotatable bonds is 11. The summed E-state index contributed by atoms with van der Waals surface area (Å²) in [5, 5.41) is 13.6. The minimum atomic E-state index is 0. The van der Waals surface area contributed by atoms with Crippen LogP contribution in [0.2, 0.25) is 0 Å². The molecule has 2 aromatic heterocycles. The fraction of sp³-hybridized carbons (Fsp3) is 0.512. The summed E-state index contributed by atoms with van der Waals surface area (Å²) in [6.45, 7) is 25.1. The number of aliphatic hydroxyl groups is 1. The number of pyridine rings is 1. The maximum absolute atomic E-state index is 12.1. The van der Waals surface area contributed by atoms with Gasteiger partial charge in [-0.2, -0.15) is 0 Å². The SMILES string of the molecule is CCC(CC)C(=O)/C(C)=C(\O)C(CC)CC.Cc1[c-]c(-c2nc(C)cc3cc(CC(C)C)ccc23)c2oc(C(C)C)c(C)c2c1.[Ir]. The van der Waals surface area contributed by atoms with Gasteiger partial charge in [-0.1, -0.05) is 91.5 Å². The first-order valence-corrected chi connectivity index (χ1v) is 17.1. The van der Waals surface area contributed by atoms with Crippen molar-refractivity contribution in [3.63, 3.8) is 0 Å². The fourth-order valence-electron chi connectivity index (χ4n) is 6.43. The van der Waals surface area contributed by atoms with Crippen LogP contribution in [0.4, 0.5) is 0 Å². The van der Waals surface area contributed by atoms with Crippen LogP contribution < -0.4 is 0 Å². The van der Waals surface area contributed by atoms with E-state index in [0.717, 1.165) is 71.3 Å². The van der Waals surface area contributed by atoms with Crippen molar-refractivity contribution < 1.29 is 34.4 Å². The number of aryl methyl sites for hydroxylation is 3. The van der Waals surface area contributed by atoms with Crippen LogP contribution in [0.3, 0.4) is 0 Å². The molecule has 0 saturated carbocycles. The Bertz CT molecular complexity index is 1650. The molecule has 4 aromatic rings. The van der Waals surface area contributed by atoms with E-state index in [9.17, 15) is 9.90 Å². The smallest absolute Gasteiger partial charge is 0.164 e. The number of allylic oxidation sites excluding steroid dienone is 2. The zero-order valence-corrected chi connectivity index (χ0v) is 32.7. The molecule has 2 aromatic carbocycles. The number of aromatic nitrogens is 1. The van der Waals surface area contributed by atoms with E-state index in [2.05, 4.69) is 84.9 Å². The van der Waals surface area contributed by atoms with Crippen LogP contribution in [0.5, 0.6) is 0 Å². The van der Waals surface area contributed by atoms with Crippen molar-refractivity contribution in [2.24, 2.45) is 17.8 Å². The first kappa shape index (κ1) is 39.4. The van der Waals surface area contributed by atoms with Gasteiger partial charge in [-0.15, -0.1) is 17.7 Å². The van der Waals surface area contributed by atoms with E-state index in [4.69, 9.17) is 9.40 Å². The Morgan fingerprint density at radius 1 is 0.891 bits per heavy atom. The van der Waals surface area contributed by atoms with E-state index in [1.807, 2.05) is 27.7 Å². The molecule has 0 unspecified atom stereocenters. The fourth-order valence-corrected chi connectivity index (χ4v) is 6.43. The van der Waals surface area contributed by atoms with Gasteiger partial charge in [-0.25, -0.2) is 0 Å². The summed E-state index contributed by atoms with van der Waals surface area (Å²) < 4.78 is 6.39. The van der Waals surface area contributed by atoms with Crippen molar-refractivity contribution >= 4 is 27.5 Å². The largest absolute Gasteiger partial charge is 0.512 e. The normalized spacial score (nSPS) is 12.2. The van der Waals surface area contributed by atoms with Crippen LogP contribution in [0, 0.1) is 44.6 Å². The maximum atomic E-state index is 12.1. The van der Waals surface area contributed by atoms with Gasteiger partial charge in [0.25, 0.3) is 0 Å². The molecule has 0 bridgehead atoms. The Morgan fingerprint density at radius 3 is 2.04 bits per heavy atom. The Morgan fingerprint density at radius 2 is 1.50 bits per heavy atom. The van der Waals surface area contributed by atoms with Gasteiger partial charge >= 0.3 is 0 Å². The molecule has 4 rings (SSSR count). The molecule has 4 nitrogen and oxygen atoms in total. The van der Waals surface area contributed by atoms with Gasteiger partial charge < -0.3 is 14.5 Å². The maximum Gasteiger partial charge on any atom is 0.164 e.